The number of halogens is 12. The molecule has 0 spiro atoms. The van der Waals surface area contributed by atoms with Gasteiger partial charge in [-0.3, -0.25) is 0 Å². The molecular formula is C5Br2F10. The van der Waals surface area contributed by atoms with Crippen LogP contribution in [0.1, 0.15) is 0 Å². The minimum Gasteiger partial charge on any atom is -0.219 e. The van der Waals surface area contributed by atoms with E-state index in [9.17, 15) is 43.9 Å². The van der Waals surface area contributed by atoms with Gasteiger partial charge in [0.05, 0.1) is 0 Å². The molecule has 0 saturated heterocycles. The highest BCUT2D eigenvalue weighted by Crippen LogP contribution is 2.62. The van der Waals surface area contributed by atoms with E-state index in [2.05, 4.69) is 0 Å². The molecule has 0 aromatic rings. The first-order valence-corrected chi connectivity index (χ1v) is 4.85. The highest BCUT2D eigenvalue weighted by Gasteiger charge is 2.87. The van der Waals surface area contributed by atoms with Gasteiger partial charge in [0.2, 0.25) is 0 Å². The van der Waals surface area contributed by atoms with Crippen molar-refractivity contribution in [1.29, 1.82) is 0 Å². The summed E-state index contributed by atoms with van der Waals surface area (Å²) >= 11 is 1.74. The number of rotatable bonds is 2. The van der Waals surface area contributed by atoms with Crippen LogP contribution in [0.3, 0.4) is 0 Å². The summed E-state index contributed by atoms with van der Waals surface area (Å²) in [6, 6.07) is 0. The van der Waals surface area contributed by atoms with Crippen molar-refractivity contribution in [2.24, 2.45) is 0 Å². The van der Waals surface area contributed by atoms with E-state index in [1.807, 2.05) is 0 Å². The molecule has 1 atom stereocenters. The number of hydrogen-bond acceptors (Lipinski definition) is 0. The lowest BCUT2D eigenvalue weighted by Gasteiger charge is -2.39. The fourth-order valence-electron chi connectivity index (χ4n) is 0.712. The Hall–Kier alpha value is 0.260. The van der Waals surface area contributed by atoms with Crippen molar-refractivity contribution < 1.29 is 43.9 Å². The van der Waals surface area contributed by atoms with Gasteiger partial charge in [-0.25, -0.2) is 8.78 Å². The molecule has 12 heteroatoms. The summed E-state index contributed by atoms with van der Waals surface area (Å²) in [5, 5.41) is 0. The molecule has 0 nitrogen and oxygen atoms in total. The van der Waals surface area contributed by atoms with Crippen LogP contribution in [-0.4, -0.2) is 27.4 Å². The number of alkyl halides is 12. The molecule has 0 fully saturated rings. The third-order valence-corrected chi connectivity index (χ3v) is 3.69. The van der Waals surface area contributed by atoms with E-state index in [-0.39, 0.29) is 0 Å². The van der Waals surface area contributed by atoms with Gasteiger partial charge in [-0.05, 0) is 31.9 Å². The highest BCUT2D eigenvalue weighted by atomic mass is 79.9. The average Bonchev–Trinajstić information content (AvgIpc) is 1.95. The van der Waals surface area contributed by atoms with Crippen molar-refractivity contribution in [3.8, 4) is 0 Å². The van der Waals surface area contributed by atoms with Crippen LogP contribution in [0.15, 0.2) is 0 Å². The van der Waals surface area contributed by atoms with Gasteiger partial charge >= 0.3 is 22.9 Å². The fraction of sp³-hybridized carbons (Fsp3) is 1.00. The lowest BCUT2D eigenvalue weighted by molar-refractivity contribution is -0.373. The molecule has 0 amide bonds. The summed E-state index contributed by atoms with van der Waals surface area (Å²) in [5.74, 6) is 0. The lowest BCUT2D eigenvalue weighted by Crippen LogP contribution is -2.68. The van der Waals surface area contributed by atoms with E-state index in [1.54, 1.807) is 0 Å². The maximum atomic E-state index is 12.9. The summed E-state index contributed by atoms with van der Waals surface area (Å²) < 4.78 is 116. The summed E-state index contributed by atoms with van der Waals surface area (Å²) in [7, 11) is 0. The molecule has 0 aromatic carbocycles. The molecular weight excluding hydrogens is 410 g/mol. The van der Waals surface area contributed by atoms with Crippen molar-refractivity contribution in [3.63, 3.8) is 0 Å². The molecule has 0 aromatic heterocycles. The summed E-state index contributed by atoms with van der Waals surface area (Å²) in [4.78, 5) is -5.46. The van der Waals surface area contributed by atoms with Gasteiger partial charge in [0, 0.05) is 0 Å². The molecule has 0 aliphatic carbocycles. The van der Waals surface area contributed by atoms with Crippen molar-refractivity contribution in [2.75, 3.05) is 0 Å². The second-order valence-corrected chi connectivity index (χ2v) is 4.81. The van der Waals surface area contributed by atoms with E-state index in [0.717, 1.165) is 31.9 Å². The van der Waals surface area contributed by atoms with Gasteiger partial charge < -0.3 is 0 Å². The topological polar surface area (TPSA) is 0 Å². The van der Waals surface area contributed by atoms with Crippen LogP contribution < -0.4 is 0 Å². The zero-order valence-corrected chi connectivity index (χ0v) is 10.2. The smallest absolute Gasteiger partial charge is 0.219 e. The Labute approximate surface area is 104 Å². The van der Waals surface area contributed by atoms with E-state index >= 15 is 0 Å². The Morgan fingerprint density at radius 3 is 0.824 bits per heavy atom. The third-order valence-electron chi connectivity index (χ3n) is 1.57. The first kappa shape index (κ1) is 17.3. The molecule has 0 N–H and O–H groups in total. The van der Waals surface area contributed by atoms with Gasteiger partial charge in [-0.1, -0.05) is 0 Å². The van der Waals surface area contributed by atoms with E-state index in [4.69, 9.17) is 0 Å². The Bertz CT molecular complexity index is 269. The van der Waals surface area contributed by atoms with E-state index in [1.165, 1.54) is 0 Å². The molecule has 0 radical (unpaired) electrons. The quantitative estimate of drug-likeness (QED) is 0.451. The molecule has 104 valence electrons. The van der Waals surface area contributed by atoms with Crippen LogP contribution >= 0.6 is 31.9 Å². The van der Waals surface area contributed by atoms with Crippen LogP contribution in [0.2, 0.25) is 0 Å². The summed E-state index contributed by atoms with van der Waals surface area (Å²) in [6.45, 7) is 0. The first-order valence-electron chi connectivity index (χ1n) is 3.27. The van der Waals surface area contributed by atoms with Gasteiger partial charge in [0.15, 0.2) is 0 Å². The lowest BCUT2D eigenvalue weighted by atomic mass is 9.98. The van der Waals surface area contributed by atoms with Crippen LogP contribution in [-0.2, 0) is 0 Å². The van der Waals surface area contributed by atoms with Crippen LogP contribution in [0.5, 0.6) is 0 Å². The van der Waals surface area contributed by atoms with Gasteiger partial charge in [0.25, 0.3) is 4.58 Å². The minimum absolute atomic E-state index is 0.818. The summed E-state index contributed by atoms with van der Waals surface area (Å²) in [6.07, 6.45) is -13.9. The second kappa shape index (κ2) is 4.14. The monoisotopic (exact) mass is 408 g/mol. The molecule has 1 unspecified atom stereocenters. The summed E-state index contributed by atoms with van der Waals surface area (Å²) in [5.41, 5.74) is -6.79. The second-order valence-electron chi connectivity index (χ2n) is 2.73. The van der Waals surface area contributed by atoms with Gasteiger partial charge in [-0.2, -0.15) is 35.1 Å². The van der Waals surface area contributed by atoms with Crippen molar-refractivity contribution in [3.05, 3.63) is 0 Å². The van der Waals surface area contributed by atoms with Gasteiger partial charge in [0.1, 0.15) is 0 Å². The standard InChI is InChI=1S/C5Br2F10/c6-2(9,3(7,10)11)1(8,4(12,13)14)5(15,16)17. The molecule has 0 saturated carbocycles. The number of hydrogen-bond donors (Lipinski definition) is 0. The molecule has 17 heavy (non-hydrogen) atoms. The van der Waals surface area contributed by atoms with Crippen LogP contribution in [0.4, 0.5) is 43.9 Å². The van der Waals surface area contributed by atoms with E-state index < -0.39 is 27.4 Å². The fourth-order valence-corrected chi connectivity index (χ4v) is 1.43. The maximum absolute atomic E-state index is 12.9. The highest BCUT2D eigenvalue weighted by molar-refractivity contribution is 9.12. The van der Waals surface area contributed by atoms with Crippen molar-refractivity contribution >= 4 is 31.9 Å². The Morgan fingerprint density at radius 1 is 0.529 bits per heavy atom. The van der Waals surface area contributed by atoms with E-state index in [0.29, 0.717) is 0 Å². The Morgan fingerprint density at radius 2 is 0.765 bits per heavy atom. The predicted molar refractivity (Wildman–Crippen MR) is 42.6 cm³/mol. The molecule has 0 heterocycles. The molecule has 0 rings (SSSR count). The maximum Gasteiger partial charge on any atom is 0.436 e. The first-order chi connectivity index (χ1) is 7.00. The Balaban J connectivity index is 6.04. The predicted octanol–water partition coefficient (Wildman–Crippen LogP) is 4.87. The van der Waals surface area contributed by atoms with Gasteiger partial charge in [-0.15, -0.1) is 0 Å². The third kappa shape index (κ3) is 2.51. The Kier molecular flexibility index (Phi) is 4.20. The zero-order valence-electron chi connectivity index (χ0n) is 7.04. The normalized spacial score (nSPS) is 19.1. The van der Waals surface area contributed by atoms with Crippen LogP contribution in [0, 0.1) is 0 Å². The zero-order chi connectivity index (χ0) is 14.5. The van der Waals surface area contributed by atoms with Crippen molar-refractivity contribution in [1.82, 2.24) is 0 Å². The largest absolute Gasteiger partial charge is 0.436 e. The average molecular weight is 410 g/mol. The van der Waals surface area contributed by atoms with Crippen molar-refractivity contribution in [2.45, 2.75) is 27.4 Å². The van der Waals surface area contributed by atoms with Crippen LogP contribution in [0.25, 0.3) is 0 Å². The molecule has 0 aliphatic rings. The molecule has 0 bridgehead atoms. The minimum atomic E-state index is -6.94. The molecule has 0 aliphatic heterocycles. The SMILES string of the molecule is FC(F)(F)C(F)(C(F)(F)F)C(F)(Br)C(F)(F)Br.